The molecule has 5 heteroatoms. The maximum Gasteiger partial charge on any atom is 0.255 e. The highest BCUT2D eigenvalue weighted by Gasteiger charge is 2.23. The van der Waals surface area contributed by atoms with Crippen LogP contribution in [0.1, 0.15) is 21.5 Å². The fraction of sp³-hybridized carbons (Fsp3) is 0.0968. The van der Waals surface area contributed by atoms with Crippen molar-refractivity contribution in [3.8, 4) is 22.6 Å². The van der Waals surface area contributed by atoms with Gasteiger partial charge in [0, 0.05) is 23.7 Å². The van der Waals surface area contributed by atoms with Gasteiger partial charge in [0.1, 0.15) is 0 Å². The van der Waals surface area contributed by atoms with E-state index >= 15 is 0 Å². The summed E-state index contributed by atoms with van der Waals surface area (Å²) in [5, 5.41) is 0.840. The predicted octanol–water partition coefficient (Wildman–Crippen LogP) is 6.47. The van der Waals surface area contributed by atoms with Gasteiger partial charge in [0.15, 0.2) is 11.5 Å². The van der Waals surface area contributed by atoms with Crippen LogP contribution in [0.3, 0.4) is 0 Å². The number of ether oxygens (including phenoxy) is 2. The Morgan fingerprint density at radius 2 is 1.53 bits per heavy atom. The highest BCUT2D eigenvalue weighted by atomic mass is 16.7. The van der Waals surface area contributed by atoms with E-state index < -0.39 is 0 Å². The second kappa shape index (κ2) is 9.55. The third-order valence-corrected chi connectivity index (χ3v) is 6.44. The van der Waals surface area contributed by atoms with Gasteiger partial charge in [-0.2, -0.15) is 0 Å². The smallest absolute Gasteiger partial charge is 0.255 e. The molecule has 1 amide bonds. The molecule has 5 nitrogen and oxygen atoms in total. The van der Waals surface area contributed by atoms with Crippen LogP contribution in [-0.4, -0.2) is 22.6 Å². The highest BCUT2D eigenvalue weighted by Crippen LogP contribution is 2.36. The third kappa shape index (κ3) is 4.27. The molecule has 0 fully saturated rings. The molecule has 0 N–H and O–H groups in total. The van der Waals surface area contributed by atoms with Crippen molar-refractivity contribution in [1.29, 1.82) is 0 Å². The number of carbonyl (C=O) groups excluding carboxylic acids is 1. The first kappa shape index (κ1) is 21.9. The molecule has 0 radical (unpaired) electrons. The van der Waals surface area contributed by atoms with Gasteiger partial charge < -0.3 is 14.4 Å². The van der Waals surface area contributed by atoms with Crippen LogP contribution < -0.4 is 9.47 Å². The number of benzene rings is 4. The molecule has 2 heterocycles. The molecule has 0 aliphatic carbocycles. The summed E-state index contributed by atoms with van der Waals surface area (Å²) in [5.41, 5.74) is 5.70. The Morgan fingerprint density at radius 3 is 2.39 bits per heavy atom. The largest absolute Gasteiger partial charge is 0.454 e. The summed E-state index contributed by atoms with van der Waals surface area (Å²) in [6.45, 7) is 1.04. The van der Waals surface area contributed by atoms with Crippen LogP contribution in [0, 0.1) is 0 Å². The van der Waals surface area contributed by atoms with E-state index in [0.29, 0.717) is 30.2 Å². The molecule has 0 unspecified atom stereocenters. The van der Waals surface area contributed by atoms with Gasteiger partial charge in [-0.15, -0.1) is 0 Å². The molecule has 5 aromatic rings. The van der Waals surface area contributed by atoms with Gasteiger partial charge in [-0.25, -0.2) is 0 Å². The summed E-state index contributed by atoms with van der Waals surface area (Å²) >= 11 is 0. The van der Waals surface area contributed by atoms with Crippen molar-refractivity contribution in [3.05, 3.63) is 126 Å². The van der Waals surface area contributed by atoms with E-state index in [4.69, 9.17) is 9.47 Å². The standard InChI is InChI=1S/C31H24N2O3/c34-31(27-17-18-32-28-11-5-4-10-26(27)28)33(20-25-9-6-12-29-30(25)36-21-35-29)19-22-13-15-24(16-14-22)23-7-2-1-3-8-23/h1-18H,19-21H2. The Labute approximate surface area is 209 Å². The van der Waals surface area contributed by atoms with Crippen LogP contribution in [0.2, 0.25) is 0 Å². The summed E-state index contributed by atoms with van der Waals surface area (Å²) < 4.78 is 11.3. The van der Waals surface area contributed by atoms with Gasteiger partial charge in [0.2, 0.25) is 6.79 Å². The highest BCUT2D eigenvalue weighted by molar-refractivity contribution is 6.06. The average molecular weight is 473 g/mol. The number of nitrogens with zero attached hydrogens (tertiary/aromatic N) is 2. The molecule has 0 bridgehead atoms. The summed E-state index contributed by atoms with van der Waals surface area (Å²) in [4.78, 5) is 20.3. The van der Waals surface area contributed by atoms with E-state index in [2.05, 4.69) is 41.4 Å². The molecule has 0 atom stereocenters. The van der Waals surface area contributed by atoms with E-state index in [1.54, 1.807) is 12.3 Å². The molecule has 1 aliphatic rings. The topological polar surface area (TPSA) is 51.7 Å². The molecule has 6 rings (SSSR count). The zero-order chi connectivity index (χ0) is 24.3. The fourth-order valence-electron chi connectivity index (χ4n) is 4.63. The van der Waals surface area contributed by atoms with E-state index in [9.17, 15) is 4.79 Å². The number of para-hydroxylation sites is 2. The maximum absolute atomic E-state index is 14.0. The van der Waals surface area contributed by atoms with Gasteiger partial charge in [0.05, 0.1) is 17.6 Å². The Morgan fingerprint density at radius 1 is 0.750 bits per heavy atom. The zero-order valence-electron chi connectivity index (χ0n) is 19.6. The first-order valence-electron chi connectivity index (χ1n) is 11.9. The molecular formula is C31H24N2O3. The van der Waals surface area contributed by atoms with Crippen molar-refractivity contribution < 1.29 is 14.3 Å². The monoisotopic (exact) mass is 472 g/mol. The Bertz CT molecular complexity index is 1530. The Hall–Kier alpha value is -4.64. The van der Waals surface area contributed by atoms with Crippen molar-refractivity contribution in [2.75, 3.05) is 6.79 Å². The van der Waals surface area contributed by atoms with Crippen molar-refractivity contribution >= 4 is 16.8 Å². The quantitative estimate of drug-likeness (QED) is 0.284. The number of fused-ring (bicyclic) bond motifs is 2. The number of aromatic nitrogens is 1. The lowest BCUT2D eigenvalue weighted by Crippen LogP contribution is -2.30. The van der Waals surface area contributed by atoms with Crippen LogP contribution in [0.4, 0.5) is 0 Å². The Balaban J connectivity index is 1.35. The molecular weight excluding hydrogens is 448 g/mol. The van der Waals surface area contributed by atoms with Crippen LogP contribution in [0.15, 0.2) is 109 Å². The van der Waals surface area contributed by atoms with Crippen molar-refractivity contribution in [3.63, 3.8) is 0 Å². The lowest BCUT2D eigenvalue weighted by Gasteiger charge is -2.24. The van der Waals surface area contributed by atoms with Crippen molar-refractivity contribution in [1.82, 2.24) is 9.88 Å². The summed E-state index contributed by atoms with van der Waals surface area (Å²) in [6.07, 6.45) is 1.69. The number of rotatable bonds is 6. The normalized spacial score (nSPS) is 12.0. The predicted molar refractivity (Wildman–Crippen MR) is 140 cm³/mol. The van der Waals surface area contributed by atoms with Crippen LogP contribution >= 0.6 is 0 Å². The first-order valence-corrected chi connectivity index (χ1v) is 11.9. The van der Waals surface area contributed by atoms with Crippen molar-refractivity contribution in [2.24, 2.45) is 0 Å². The summed E-state index contributed by atoms with van der Waals surface area (Å²) in [7, 11) is 0. The number of hydrogen-bond acceptors (Lipinski definition) is 4. The van der Waals surface area contributed by atoms with E-state index in [1.807, 2.05) is 65.6 Å². The van der Waals surface area contributed by atoms with Crippen molar-refractivity contribution in [2.45, 2.75) is 13.1 Å². The minimum atomic E-state index is -0.0581. The molecule has 4 aromatic carbocycles. The van der Waals surface area contributed by atoms with Gasteiger partial charge in [-0.1, -0.05) is 84.9 Å². The van der Waals surface area contributed by atoms with Gasteiger partial charge in [-0.3, -0.25) is 9.78 Å². The van der Waals surface area contributed by atoms with Crippen LogP contribution in [0.25, 0.3) is 22.0 Å². The molecule has 1 aliphatic heterocycles. The lowest BCUT2D eigenvalue weighted by molar-refractivity contribution is 0.0730. The second-order valence-electron chi connectivity index (χ2n) is 8.75. The maximum atomic E-state index is 14.0. The lowest BCUT2D eigenvalue weighted by atomic mass is 10.0. The number of hydrogen-bond donors (Lipinski definition) is 0. The number of pyridine rings is 1. The van der Waals surface area contributed by atoms with E-state index in [-0.39, 0.29) is 12.7 Å². The average Bonchev–Trinajstić information content (AvgIpc) is 3.43. The number of carbonyl (C=O) groups is 1. The van der Waals surface area contributed by atoms with E-state index in [1.165, 1.54) is 0 Å². The molecule has 36 heavy (non-hydrogen) atoms. The van der Waals surface area contributed by atoms with E-state index in [0.717, 1.165) is 33.2 Å². The van der Waals surface area contributed by atoms with Gasteiger partial charge in [0.25, 0.3) is 5.91 Å². The summed E-state index contributed by atoms with van der Waals surface area (Å²) in [6, 6.07) is 34.0. The zero-order valence-corrected chi connectivity index (χ0v) is 19.6. The molecule has 176 valence electrons. The molecule has 0 spiro atoms. The molecule has 0 saturated heterocycles. The number of amides is 1. The summed E-state index contributed by atoms with van der Waals surface area (Å²) in [5.74, 6) is 1.35. The Kier molecular flexibility index (Phi) is 5.80. The van der Waals surface area contributed by atoms with Crippen LogP contribution in [0.5, 0.6) is 11.5 Å². The fourth-order valence-corrected chi connectivity index (χ4v) is 4.63. The second-order valence-corrected chi connectivity index (χ2v) is 8.75. The SMILES string of the molecule is O=C(c1ccnc2ccccc12)N(Cc1ccc(-c2ccccc2)cc1)Cc1cccc2c1OCO2. The van der Waals surface area contributed by atoms with Gasteiger partial charge >= 0.3 is 0 Å². The molecule has 0 saturated carbocycles. The minimum Gasteiger partial charge on any atom is -0.454 e. The van der Waals surface area contributed by atoms with Crippen LogP contribution in [-0.2, 0) is 13.1 Å². The first-order chi connectivity index (χ1) is 17.8. The third-order valence-electron chi connectivity index (χ3n) is 6.44. The minimum absolute atomic E-state index is 0.0581. The van der Waals surface area contributed by atoms with Gasteiger partial charge in [-0.05, 0) is 34.9 Å². The molecule has 1 aromatic heterocycles.